The van der Waals surface area contributed by atoms with E-state index in [1.807, 2.05) is 12.3 Å². The van der Waals surface area contributed by atoms with Gasteiger partial charge in [-0.05, 0) is 37.4 Å². The Bertz CT molecular complexity index is 480. The lowest BCUT2D eigenvalue weighted by Crippen LogP contribution is -2.12. The number of nitrogens with one attached hydrogen (secondary N) is 1. The van der Waals surface area contributed by atoms with Gasteiger partial charge in [0.2, 0.25) is 0 Å². The van der Waals surface area contributed by atoms with E-state index in [0.29, 0.717) is 0 Å². The molecule has 0 aliphatic rings. The van der Waals surface area contributed by atoms with Crippen molar-refractivity contribution in [1.82, 2.24) is 9.88 Å². The third kappa shape index (κ3) is 3.57. The Morgan fingerprint density at radius 2 is 1.94 bits per heavy atom. The van der Waals surface area contributed by atoms with E-state index in [0.717, 1.165) is 13.1 Å². The molecule has 0 fully saturated rings. The Labute approximate surface area is 108 Å². The molecule has 0 saturated carbocycles. The summed E-state index contributed by atoms with van der Waals surface area (Å²) in [7, 11) is 4.16. The first-order chi connectivity index (χ1) is 8.75. The molecule has 0 bridgehead atoms. The minimum atomic E-state index is 0.804. The van der Waals surface area contributed by atoms with E-state index in [2.05, 4.69) is 59.6 Å². The summed E-state index contributed by atoms with van der Waals surface area (Å²) in [4.78, 5) is 6.29. The fourth-order valence-corrected chi connectivity index (χ4v) is 1.87. The van der Waals surface area contributed by atoms with Crippen LogP contribution in [0.15, 0.2) is 48.8 Å². The third-order valence-electron chi connectivity index (χ3n) is 2.71. The van der Waals surface area contributed by atoms with Crippen LogP contribution in [-0.4, -0.2) is 24.0 Å². The van der Waals surface area contributed by atoms with Crippen LogP contribution < -0.4 is 5.32 Å². The Morgan fingerprint density at radius 1 is 1.11 bits per heavy atom. The van der Waals surface area contributed by atoms with Crippen molar-refractivity contribution in [3.63, 3.8) is 0 Å². The minimum absolute atomic E-state index is 0.804. The quantitative estimate of drug-likeness (QED) is 0.872. The standard InChI is InChI=1S/C15H19N3/c1-18(2)12-14-7-3-4-8-15(14)17-11-13-6-5-9-16-10-13/h3-10,17H,11-12H2,1-2H3. The lowest BCUT2D eigenvalue weighted by atomic mass is 10.1. The summed E-state index contributed by atoms with van der Waals surface area (Å²) in [6.45, 7) is 1.74. The maximum Gasteiger partial charge on any atom is 0.0416 e. The van der Waals surface area contributed by atoms with Gasteiger partial charge in [0, 0.05) is 31.2 Å². The second-order valence-electron chi connectivity index (χ2n) is 4.61. The first kappa shape index (κ1) is 12.6. The van der Waals surface area contributed by atoms with E-state index in [9.17, 15) is 0 Å². The first-order valence-corrected chi connectivity index (χ1v) is 6.11. The highest BCUT2D eigenvalue weighted by Crippen LogP contribution is 2.17. The van der Waals surface area contributed by atoms with Gasteiger partial charge in [-0.25, -0.2) is 0 Å². The molecule has 0 spiro atoms. The van der Waals surface area contributed by atoms with Gasteiger partial charge in [-0.1, -0.05) is 24.3 Å². The Morgan fingerprint density at radius 3 is 2.67 bits per heavy atom. The molecule has 18 heavy (non-hydrogen) atoms. The molecule has 94 valence electrons. The SMILES string of the molecule is CN(C)Cc1ccccc1NCc1cccnc1. The van der Waals surface area contributed by atoms with Crippen LogP contribution >= 0.6 is 0 Å². The summed E-state index contributed by atoms with van der Waals surface area (Å²) >= 11 is 0. The second-order valence-corrected chi connectivity index (χ2v) is 4.61. The molecule has 0 atom stereocenters. The van der Waals surface area contributed by atoms with Crippen LogP contribution in [-0.2, 0) is 13.1 Å². The Hall–Kier alpha value is -1.87. The number of hydrogen-bond donors (Lipinski definition) is 1. The molecule has 0 aliphatic carbocycles. The van der Waals surface area contributed by atoms with Crippen molar-refractivity contribution in [2.45, 2.75) is 13.1 Å². The molecule has 0 saturated heterocycles. The molecule has 0 unspecified atom stereocenters. The highest BCUT2D eigenvalue weighted by molar-refractivity contribution is 5.51. The molecule has 1 aromatic heterocycles. The molecule has 0 aliphatic heterocycles. The predicted octanol–water partition coefficient (Wildman–Crippen LogP) is 2.76. The number of para-hydroxylation sites is 1. The highest BCUT2D eigenvalue weighted by Gasteiger charge is 2.02. The maximum atomic E-state index is 4.12. The zero-order chi connectivity index (χ0) is 12.8. The van der Waals surface area contributed by atoms with E-state index >= 15 is 0 Å². The summed E-state index contributed by atoms with van der Waals surface area (Å²) < 4.78 is 0. The molecule has 1 N–H and O–H groups in total. The van der Waals surface area contributed by atoms with Gasteiger partial charge >= 0.3 is 0 Å². The Balaban J connectivity index is 2.05. The van der Waals surface area contributed by atoms with Crippen LogP contribution in [0.3, 0.4) is 0 Å². The van der Waals surface area contributed by atoms with Crippen LogP contribution in [0.5, 0.6) is 0 Å². The number of hydrogen-bond acceptors (Lipinski definition) is 3. The predicted molar refractivity (Wildman–Crippen MR) is 75.4 cm³/mol. The second kappa shape index (κ2) is 6.17. The topological polar surface area (TPSA) is 28.2 Å². The molecular formula is C15H19N3. The van der Waals surface area contributed by atoms with Crippen molar-refractivity contribution in [2.24, 2.45) is 0 Å². The molecule has 1 aromatic carbocycles. The summed E-state index contributed by atoms with van der Waals surface area (Å²) in [6, 6.07) is 12.5. The average Bonchev–Trinajstić information content (AvgIpc) is 2.38. The lowest BCUT2D eigenvalue weighted by molar-refractivity contribution is 0.403. The summed E-state index contributed by atoms with van der Waals surface area (Å²) in [6.07, 6.45) is 3.69. The number of anilines is 1. The number of nitrogens with zero attached hydrogens (tertiary/aromatic N) is 2. The fraction of sp³-hybridized carbons (Fsp3) is 0.267. The van der Waals surface area contributed by atoms with Crippen molar-refractivity contribution in [1.29, 1.82) is 0 Å². The summed E-state index contributed by atoms with van der Waals surface area (Å²) in [5.41, 5.74) is 3.69. The van der Waals surface area contributed by atoms with E-state index in [4.69, 9.17) is 0 Å². The van der Waals surface area contributed by atoms with Gasteiger partial charge in [-0.2, -0.15) is 0 Å². The molecule has 3 heteroatoms. The fourth-order valence-electron chi connectivity index (χ4n) is 1.87. The third-order valence-corrected chi connectivity index (χ3v) is 2.71. The number of pyridine rings is 1. The molecule has 1 heterocycles. The van der Waals surface area contributed by atoms with Crippen LogP contribution in [0.25, 0.3) is 0 Å². The summed E-state index contributed by atoms with van der Waals surface area (Å²) in [5.74, 6) is 0. The molecule has 3 nitrogen and oxygen atoms in total. The van der Waals surface area contributed by atoms with Crippen LogP contribution in [0.4, 0.5) is 5.69 Å². The van der Waals surface area contributed by atoms with E-state index in [-0.39, 0.29) is 0 Å². The highest BCUT2D eigenvalue weighted by atomic mass is 15.1. The zero-order valence-electron chi connectivity index (χ0n) is 10.9. The smallest absolute Gasteiger partial charge is 0.0416 e. The number of benzene rings is 1. The van der Waals surface area contributed by atoms with Gasteiger partial charge in [-0.3, -0.25) is 4.98 Å². The van der Waals surface area contributed by atoms with Gasteiger partial charge in [0.05, 0.1) is 0 Å². The molecule has 2 rings (SSSR count). The maximum absolute atomic E-state index is 4.12. The van der Waals surface area contributed by atoms with E-state index in [1.165, 1.54) is 16.8 Å². The Kier molecular flexibility index (Phi) is 4.31. The van der Waals surface area contributed by atoms with Crippen molar-refractivity contribution in [3.8, 4) is 0 Å². The van der Waals surface area contributed by atoms with E-state index in [1.54, 1.807) is 6.20 Å². The van der Waals surface area contributed by atoms with Crippen molar-refractivity contribution >= 4 is 5.69 Å². The average molecular weight is 241 g/mol. The van der Waals surface area contributed by atoms with Crippen molar-refractivity contribution < 1.29 is 0 Å². The van der Waals surface area contributed by atoms with Gasteiger partial charge in [0.25, 0.3) is 0 Å². The number of rotatable bonds is 5. The van der Waals surface area contributed by atoms with Crippen LogP contribution in [0.2, 0.25) is 0 Å². The van der Waals surface area contributed by atoms with E-state index < -0.39 is 0 Å². The molecular weight excluding hydrogens is 222 g/mol. The van der Waals surface area contributed by atoms with Crippen molar-refractivity contribution in [3.05, 3.63) is 59.9 Å². The van der Waals surface area contributed by atoms with Crippen LogP contribution in [0, 0.1) is 0 Å². The molecule has 0 radical (unpaired) electrons. The van der Waals surface area contributed by atoms with Crippen LogP contribution in [0.1, 0.15) is 11.1 Å². The summed E-state index contributed by atoms with van der Waals surface area (Å²) in [5, 5.41) is 3.47. The van der Waals surface area contributed by atoms with Gasteiger partial charge in [0.1, 0.15) is 0 Å². The monoisotopic (exact) mass is 241 g/mol. The molecule has 0 amide bonds. The first-order valence-electron chi connectivity index (χ1n) is 6.11. The lowest BCUT2D eigenvalue weighted by Gasteiger charge is -2.15. The molecule has 2 aromatic rings. The van der Waals surface area contributed by atoms with Gasteiger partial charge < -0.3 is 10.2 Å². The van der Waals surface area contributed by atoms with Crippen molar-refractivity contribution in [2.75, 3.05) is 19.4 Å². The zero-order valence-corrected chi connectivity index (χ0v) is 10.9. The minimum Gasteiger partial charge on any atom is -0.381 e. The van der Waals surface area contributed by atoms with Gasteiger partial charge in [-0.15, -0.1) is 0 Å². The van der Waals surface area contributed by atoms with Gasteiger partial charge in [0.15, 0.2) is 0 Å². The number of aromatic nitrogens is 1. The largest absolute Gasteiger partial charge is 0.381 e. The normalized spacial score (nSPS) is 10.6.